The van der Waals surface area contributed by atoms with Gasteiger partial charge in [0.1, 0.15) is 0 Å². The van der Waals surface area contributed by atoms with Crippen LogP contribution in [0, 0.1) is 5.92 Å². The van der Waals surface area contributed by atoms with E-state index in [9.17, 15) is 4.79 Å². The predicted octanol–water partition coefficient (Wildman–Crippen LogP) is 3.35. The van der Waals surface area contributed by atoms with E-state index in [1.54, 1.807) is 18.2 Å². The third kappa shape index (κ3) is 3.40. The number of carbonyl (C=O) groups is 1. The van der Waals surface area contributed by atoms with Crippen LogP contribution < -0.4 is 11.1 Å². The molecule has 1 aliphatic carbocycles. The molecule has 104 valence electrons. The van der Waals surface area contributed by atoms with Gasteiger partial charge in [-0.25, -0.2) is 4.79 Å². The van der Waals surface area contributed by atoms with Crippen LogP contribution in [0.5, 0.6) is 0 Å². The van der Waals surface area contributed by atoms with Crippen LogP contribution in [-0.2, 0) is 0 Å². The molecule has 4 heteroatoms. The summed E-state index contributed by atoms with van der Waals surface area (Å²) in [5.74, 6) is -0.327. The van der Waals surface area contributed by atoms with Gasteiger partial charge in [0.2, 0.25) is 0 Å². The molecule has 0 heterocycles. The Morgan fingerprint density at radius 3 is 2.79 bits per heavy atom. The van der Waals surface area contributed by atoms with Gasteiger partial charge in [0.25, 0.3) is 0 Å². The number of nitrogens with two attached hydrogens (primary N) is 1. The minimum atomic E-state index is -0.919. The molecule has 0 saturated heterocycles. The molecular weight excluding hydrogens is 240 g/mol. The van der Waals surface area contributed by atoms with E-state index in [2.05, 4.69) is 12.2 Å². The minimum Gasteiger partial charge on any atom is -0.478 e. The molecule has 0 aromatic heterocycles. The van der Waals surface area contributed by atoms with Crippen LogP contribution in [0.25, 0.3) is 0 Å². The molecule has 4 nitrogen and oxygen atoms in total. The Bertz CT molecular complexity index is 459. The van der Waals surface area contributed by atoms with Crippen LogP contribution in [-0.4, -0.2) is 17.1 Å². The van der Waals surface area contributed by atoms with Gasteiger partial charge in [-0.3, -0.25) is 0 Å². The quantitative estimate of drug-likeness (QED) is 0.577. The summed E-state index contributed by atoms with van der Waals surface area (Å²) >= 11 is 0. The van der Waals surface area contributed by atoms with Gasteiger partial charge in [-0.05, 0) is 37.0 Å². The summed E-state index contributed by atoms with van der Waals surface area (Å²) in [4.78, 5) is 11.0. The molecule has 19 heavy (non-hydrogen) atoms. The molecule has 2 atom stereocenters. The van der Waals surface area contributed by atoms with E-state index in [0.717, 1.165) is 12.1 Å². The highest BCUT2D eigenvalue weighted by Gasteiger charge is 2.20. The van der Waals surface area contributed by atoms with E-state index in [1.165, 1.54) is 25.7 Å². The Hall–Kier alpha value is -1.71. The molecule has 2 rings (SSSR count). The zero-order valence-corrected chi connectivity index (χ0v) is 11.4. The molecule has 1 saturated carbocycles. The number of benzene rings is 1. The molecule has 1 aromatic carbocycles. The molecule has 1 aromatic rings. The SMILES string of the molecule is CC1CCCCCC1Nc1cc(C(=O)O)ccc1N. The fourth-order valence-electron chi connectivity index (χ4n) is 2.72. The lowest BCUT2D eigenvalue weighted by Gasteiger charge is -2.25. The highest BCUT2D eigenvalue weighted by molar-refractivity contribution is 5.90. The van der Waals surface area contributed by atoms with Gasteiger partial charge in [0.15, 0.2) is 0 Å². The summed E-state index contributed by atoms with van der Waals surface area (Å²) < 4.78 is 0. The molecule has 0 spiro atoms. The summed E-state index contributed by atoms with van der Waals surface area (Å²) in [6, 6.07) is 5.22. The fraction of sp³-hybridized carbons (Fsp3) is 0.533. The van der Waals surface area contributed by atoms with Gasteiger partial charge in [0, 0.05) is 6.04 Å². The number of nitrogens with one attached hydrogen (secondary N) is 1. The second kappa shape index (κ2) is 5.95. The van der Waals surface area contributed by atoms with Gasteiger partial charge >= 0.3 is 5.97 Å². The molecule has 2 unspecified atom stereocenters. The molecule has 0 amide bonds. The standard InChI is InChI=1S/C15H22N2O2/c1-10-5-3-2-4-6-13(10)17-14-9-11(15(18)19)7-8-12(14)16/h7-10,13,17H,2-6,16H2,1H3,(H,18,19). The van der Waals surface area contributed by atoms with Crippen molar-refractivity contribution in [1.82, 2.24) is 0 Å². The number of carboxylic acid groups (broad SMARTS) is 1. The average Bonchev–Trinajstić information content (AvgIpc) is 2.57. The van der Waals surface area contributed by atoms with Crippen molar-refractivity contribution in [3.05, 3.63) is 23.8 Å². The summed E-state index contributed by atoms with van der Waals surface area (Å²) in [6.07, 6.45) is 6.13. The smallest absolute Gasteiger partial charge is 0.335 e. The second-order valence-corrected chi connectivity index (χ2v) is 5.47. The van der Waals surface area contributed by atoms with Crippen LogP contribution >= 0.6 is 0 Å². The highest BCUT2D eigenvalue weighted by atomic mass is 16.4. The number of anilines is 2. The topological polar surface area (TPSA) is 75.3 Å². The predicted molar refractivity (Wildman–Crippen MR) is 77.5 cm³/mol. The summed E-state index contributed by atoms with van der Waals surface area (Å²) in [5.41, 5.74) is 7.57. The first-order chi connectivity index (χ1) is 9.08. The Kier molecular flexibility index (Phi) is 4.30. The van der Waals surface area contributed by atoms with Crippen molar-refractivity contribution in [3.63, 3.8) is 0 Å². The van der Waals surface area contributed by atoms with E-state index in [-0.39, 0.29) is 5.56 Å². The van der Waals surface area contributed by atoms with Crippen molar-refractivity contribution in [2.24, 2.45) is 5.92 Å². The first-order valence-electron chi connectivity index (χ1n) is 6.97. The van der Waals surface area contributed by atoms with E-state index < -0.39 is 5.97 Å². The normalized spacial score (nSPS) is 23.6. The average molecular weight is 262 g/mol. The molecule has 0 radical (unpaired) electrons. The summed E-state index contributed by atoms with van der Waals surface area (Å²) in [6.45, 7) is 2.25. The Labute approximate surface area is 114 Å². The lowest BCUT2D eigenvalue weighted by Crippen LogP contribution is -2.26. The highest BCUT2D eigenvalue weighted by Crippen LogP contribution is 2.28. The van der Waals surface area contributed by atoms with Crippen LogP contribution in [0.1, 0.15) is 49.4 Å². The Morgan fingerprint density at radius 2 is 2.05 bits per heavy atom. The number of nitrogen functional groups attached to an aromatic ring is 1. The maximum atomic E-state index is 11.0. The van der Waals surface area contributed by atoms with Crippen molar-refractivity contribution < 1.29 is 9.90 Å². The number of hydrogen-bond donors (Lipinski definition) is 3. The third-order valence-corrected chi connectivity index (χ3v) is 4.00. The Morgan fingerprint density at radius 1 is 1.32 bits per heavy atom. The maximum Gasteiger partial charge on any atom is 0.335 e. The van der Waals surface area contributed by atoms with Crippen LogP contribution in [0.15, 0.2) is 18.2 Å². The lowest BCUT2D eigenvalue weighted by molar-refractivity contribution is 0.0697. The molecule has 0 bridgehead atoms. The van der Waals surface area contributed by atoms with Crippen LogP contribution in [0.4, 0.5) is 11.4 Å². The van der Waals surface area contributed by atoms with Crippen molar-refractivity contribution in [3.8, 4) is 0 Å². The maximum absolute atomic E-state index is 11.0. The first kappa shape index (κ1) is 13.7. The minimum absolute atomic E-state index is 0.276. The summed E-state index contributed by atoms with van der Waals surface area (Å²) in [7, 11) is 0. The molecule has 4 N–H and O–H groups in total. The number of carboxylic acids is 1. The van der Waals surface area contributed by atoms with Gasteiger partial charge in [0.05, 0.1) is 16.9 Å². The zero-order valence-electron chi connectivity index (χ0n) is 11.4. The van der Waals surface area contributed by atoms with Gasteiger partial charge in [-0.1, -0.05) is 26.2 Å². The second-order valence-electron chi connectivity index (χ2n) is 5.47. The van der Waals surface area contributed by atoms with E-state index in [1.807, 2.05) is 0 Å². The first-order valence-corrected chi connectivity index (χ1v) is 6.97. The number of rotatable bonds is 3. The number of hydrogen-bond acceptors (Lipinski definition) is 3. The molecule has 1 fully saturated rings. The molecule has 1 aliphatic rings. The van der Waals surface area contributed by atoms with Gasteiger partial charge in [-0.15, -0.1) is 0 Å². The van der Waals surface area contributed by atoms with Crippen molar-refractivity contribution in [2.75, 3.05) is 11.1 Å². The van der Waals surface area contributed by atoms with E-state index in [0.29, 0.717) is 17.6 Å². The number of aromatic carboxylic acids is 1. The molecule has 0 aliphatic heterocycles. The van der Waals surface area contributed by atoms with Crippen LogP contribution in [0.3, 0.4) is 0 Å². The summed E-state index contributed by atoms with van der Waals surface area (Å²) in [5, 5.41) is 12.5. The van der Waals surface area contributed by atoms with Crippen molar-refractivity contribution in [2.45, 2.75) is 45.1 Å². The van der Waals surface area contributed by atoms with Crippen molar-refractivity contribution in [1.29, 1.82) is 0 Å². The van der Waals surface area contributed by atoms with Crippen LogP contribution in [0.2, 0.25) is 0 Å². The largest absolute Gasteiger partial charge is 0.478 e. The van der Waals surface area contributed by atoms with Gasteiger partial charge < -0.3 is 16.2 Å². The monoisotopic (exact) mass is 262 g/mol. The molecular formula is C15H22N2O2. The van der Waals surface area contributed by atoms with Gasteiger partial charge in [-0.2, -0.15) is 0 Å². The van der Waals surface area contributed by atoms with Crippen molar-refractivity contribution >= 4 is 17.3 Å². The fourth-order valence-corrected chi connectivity index (χ4v) is 2.72. The van der Waals surface area contributed by atoms with E-state index >= 15 is 0 Å². The lowest BCUT2D eigenvalue weighted by atomic mass is 9.96. The zero-order chi connectivity index (χ0) is 13.8. The Balaban J connectivity index is 2.16. The van der Waals surface area contributed by atoms with E-state index in [4.69, 9.17) is 10.8 Å². The third-order valence-electron chi connectivity index (χ3n) is 4.00.